The van der Waals surface area contributed by atoms with Crippen LogP contribution >= 0.6 is 0 Å². The summed E-state index contributed by atoms with van der Waals surface area (Å²) in [5.41, 5.74) is 0.0747. The lowest BCUT2D eigenvalue weighted by Crippen LogP contribution is -2.52. The van der Waals surface area contributed by atoms with Crippen molar-refractivity contribution in [3.63, 3.8) is 0 Å². The van der Waals surface area contributed by atoms with Gasteiger partial charge in [0.1, 0.15) is 12.0 Å². The first-order valence-electron chi connectivity index (χ1n) is 12.0. The van der Waals surface area contributed by atoms with Crippen LogP contribution in [0.4, 0.5) is 15.8 Å². The third-order valence-electron chi connectivity index (χ3n) is 8.35. The number of benzene rings is 1. The van der Waals surface area contributed by atoms with Crippen LogP contribution in [0.25, 0.3) is 0 Å². The normalized spacial score (nSPS) is 30.6. The number of nitrogens with zero attached hydrogens (tertiary/aromatic N) is 5. The molecule has 2 aromatic rings. The highest BCUT2D eigenvalue weighted by molar-refractivity contribution is 5.96. The predicted molar refractivity (Wildman–Crippen MR) is 120 cm³/mol. The molecule has 1 amide bonds. The van der Waals surface area contributed by atoms with Gasteiger partial charge < -0.3 is 9.80 Å². The van der Waals surface area contributed by atoms with Crippen molar-refractivity contribution < 1.29 is 14.1 Å². The standard InChI is InChI=1S/C24H28FN5O3/c25-19-3-1-2-4-20(19)27-5-7-28(8-6-27)23(31)22-21(30(32)33)15-29(26-22)24-12-16-9-17(13-24)11-18(10-16)14-24/h1-4,15-18H,5-14H2. The van der Waals surface area contributed by atoms with Crippen molar-refractivity contribution in [1.29, 1.82) is 0 Å². The molecular formula is C24H28FN5O3. The zero-order chi connectivity index (χ0) is 22.7. The first kappa shape index (κ1) is 20.6. The van der Waals surface area contributed by atoms with Crippen LogP contribution in [-0.4, -0.2) is 51.7 Å². The van der Waals surface area contributed by atoms with Gasteiger partial charge in [0, 0.05) is 26.2 Å². The van der Waals surface area contributed by atoms with Crippen LogP contribution in [0.5, 0.6) is 0 Å². The van der Waals surface area contributed by atoms with Gasteiger partial charge in [-0.2, -0.15) is 5.10 Å². The van der Waals surface area contributed by atoms with Gasteiger partial charge in [-0.1, -0.05) is 12.1 Å². The summed E-state index contributed by atoms with van der Waals surface area (Å²) in [6.45, 7) is 1.68. The van der Waals surface area contributed by atoms with Crippen molar-refractivity contribution in [3.05, 3.63) is 52.1 Å². The molecule has 4 saturated carbocycles. The van der Waals surface area contributed by atoms with Gasteiger partial charge in [-0.05, 0) is 68.4 Å². The Morgan fingerprint density at radius 3 is 2.21 bits per heavy atom. The number of halogens is 1. The minimum atomic E-state index is -0.479. The fourth-order valence-corrected chi connectivity index (χ4v) is 7.25. The molecule has 2 heterocycles. The quantitative estimate of drug-likeness (QED) is 0.519. The summed E-state index contributed by atoms with van der Waals surface area (Å²) in [6.07, 6.45) is 8.32. The fraction of sp³-hybridized carbons (Fsp3) is 0.583. The second kappa shape index (κ2) is 7.53. The molecule has 1 aromatic heterocycles. The first-order valence-corrected chi connectivity index (χ1v) is 12.0. The molecule has 5 fully saturated rings. The molecule has 9 heteroatoms. The topological polar surface area (TPSA) is 84.5 Å². The second-order valence-electron chi connectivity index (χ2n) is 10.4. The molecular weight excluding hydrogens is 425 g/mol. The fourth-order valence-electron chi connectivity index (χ4n) is 7.25. The van der Waals surface area contributed by atoms with Crippen molar-refractivity contribution in [2.75, 3.05) is 31.1 Å². The van der Waals surface area contributed by atoms with E-state index in [0.717, 1.165) is 19.3 Å². The van der Waals surface area contributed by atoms with E-state index >= 15 is 0 Å². The van der Waals surface area contributed by atoms with E-state index in [1.807, 2.05) is 4.90 Å². The van der Waals surface area contributed by atoms with Gasteiger partial charge in [0.05, 0.1) is 16.1 Å². The molecule has 4 bridgehead atoms. The minimum absolute atomic E-state index is 0.0601. The Morgan fingerprint density at radius 2 is 1.64 bits per heavy atom. The number of anilines is 1. The molecule has 1 aliphatic heterocycles. The van der Waals surface area contributed by atoms with Crippen LogP contribution in [0.1, 0.15) is 49.0 Å². The van der Waals surface area contributed by atoms with E-state index in [2.05, 4.69) is 5.10 Å². The van der Waals surface area contributed by atoms with Crippen LogP contribution in [-0.2, 0) is 5.54 Å². The zero-order valence-electron chi connectivity index (χ0n) is 18.5. The summed E-state index contributed by atoms with van der Waals surface area (Å²) in [7, 11) is 0. The highest BCUT2D eigenvalue weighted by atomic mass is 19.1. The van der Waals surface area contributed by atoms with Gasteiger partial charge >= 0.3 is 5.69 Å². The Balaban J connectivity index is 1.24. The van der Waals surface area contributed by atoms with Gasteiger partial charge in [-0.25, -0.2) is 4.39 Å². The van der Waals surface area contributed by atoms with E-state index < -0.39 is 10.8 Å². The number of para-hydroxylation sites is 1. The maximum atomic E-state index is 14.1. The summed E-state index contributed by atoms with van der Waals surface area (Å²) in [5.74, 6) is 1.32. The molecule has 4 aliphatic carbocycles. The monoisotopic (exact) mass is 453 g/mol. The van der Waals surface area contributed by atoms with Crippen LogP contribution in [0.3, 0.4) is 0 Å². The van der Waals surface area contributed by atoms with Crippen LogP contribution < -0.4 is 4.90 Å². The third kappa shape index (κ3) is 3.40. The zero-order valence-corrected chi connectivity index (χ0v) is 18.5. The first-order chi connectivity index (χ1) is 15.9. The van der Waals surface area contributed by atoms with Crippen molar-refractivity contribution in [3.8, 4) is 0 Å². The predicted octanol–water partition coefficient (Wildman–Crippen LogP) is 3.82. The summed E-state index contributed by atoms with van der Waals surface area (Å²) in [5, 5.41) is 16.5. The van der Waals surface area contributed by atoms with E-state index in [9.17, 15) is 19.3 Å². The highest BCUT2D eigenvalue weighted by Gasteiger charge is 2.53. The molecule has 174 valence electrons. The number of hydrogen-bond donors (Lipinski definition) is 0. The van der Waals surface area contributed by atoms with Crippen molar-refractivity contribution in [2.45, 2.75) is 44.1 Å². The number of rotatable bonds is 4. The molecule has 0 spiro atoms. The highest BCUT2D eigenvalue weighted by Crippen LogP contribution is 2.58. The average molecular weight is 454 g/mol. The molecule has 33 heavy (non-hydrogen) atoms. The summed E-state index contributed by atoms with van der Waals surface area (Å²) in [6, 6.07) is 6.59. The largest absolute Gasteiger partial charge is 0.366 e. The number of carbonyl (C=O) groups excluding carboxylic acids is 1. The Labute approximate surface area is 191 Å². The van der Waals surface area contributed by atoms with Gasteiger partial charge in [0.25, 0.3) is 5.91 Å². The lowest BCUT2D eigenvalue weighted by Gasteiger charge is -2.56. The Kier molecular flexibility index (Phi) is 4.71. The number of carbonyl (C=O) groups is 1. The molecule has 7 rings (SSSR count). The maximum Gasteiger partial charge on any atom is 0.320 e. The van der Waals surface area contributed by atoms with Crippen molar-refractivity contribution >= 4 is 17.3 Å². The smallest absolute Gasteiger partial charge is 0.320 e. The molecule has 8 nitrogen and oxygen atoms in total. The van der Waals surface area contributed by atoms with Crippen molar-refractivity contribution in [1.82, 2.24) is 14.7 Å². The summed E-state index contributed by atoms with van der Waals surface area (Å²) < 4.78 is 15.9. The number of nitro groups is 1. The Hall–Kier alpha value is -2.97. The minimum Gasteiger partial charge on any atom is -0.366 e. The van der Waals surface area contributed by atoms with E-state index in [0.29, 0.717) is 49.6 Å². The summed E-state index contributed by atoms with van der Waals surface area (Å²) >= 11 is 0. The van der Waals surface area contributed by atoms with Gasteiger partial charge in [0.2, 0.25) is 5.69 Å². The van der Waals surface area contributed by atoms with Crippen LogP contribution in [0, 0.1) is 33.7 Å². The van der Waals surface area contributed by atoms with Crippen LogP contribution in [0.2, 0.25) is 0 Å². The molecule has 1 saturated heterocycles. The van der Waals surface area contributed by atoms with Gasteiger partial charge in [-0.3, -0.25) is 19.6 Å². The number of hydrogen-bond acceptors (Lipinski definition) is 5. The van der Waals surface area contributed by atoms with E-state index in [-0.39, 0.29) is 22.7 Å². The molecule has 5 aliphatic rings. The molecule has 0 radical (unpaired) electrons. The molecule has 1 aromatic carbocycles. The number of aromatic nitrogens is 2. The molecule has 0 unspecified atom stereocenters. The van der Waals surface area contributed by atoms with E-state index in [1.165, 1.54) is 31.5 Å². The third-order valence-corrected chi connectivity index (χ3v) is 8.35. The van der Waals surface area contributed by atoms with E-state index in [1.54, 1.807) is 27.8 Å². The van der Waals surface area contributed by atoms with E-state index in [4.69, 9.17) is 0 Å². The Bertz CT molecular complexity index is 1070. The molecule has 0 atom stereocenters. The van der Waals surface area contributed by atoms with Gasteiger partial charge in [0.15, 0.2) is 0 Å². The van der Waals surface area contributed by atoms with Crippen molar-refractivity contribution in [2.24, 2.45) is 17.8 Å². The maximum absolute atomic E-state index is 14.1. The lowest BCUT2D eigenvalue weighted by molar-refractivity contribution is -0.385. The van der Waals surface area contributed by atoms with Gasteiger partial charge in [-0.15, -0.1) is 0 Å². The molecule has 0 N–H and O–H groups in total. The Morgan fingerprint density at radius 1 is 1.03 bits per heavy atom. The average Bonchev–Trinajstić information content (AvgIpc) is 3.25. The number of piperazine rings is 1. The SMILES string of the molecule is O=C(c1nn(C23CC4CC(CC(C4)C2)C3)cc1[N+](=O)[O-])N1CCN(c2ccccc2F)CC1. The van der Waals surface area contributed by atoms with Crippen LogP contribution in [0.15, 0.2) is 30.5 Å². The summed E-state index contributed by atoms with van der Waals surface area (Å²) in [4.78, 5) is 28.2. The number of amides is 1. The second-order valence-corrected chi connectivity index (χ2v) is 10.4. The lowest BCUT2D eigenvalue weighted by atomic mass is 9.53.